The third kappa shape index (κ3) is 4.79. The van der Waals surface area contributed by atoms with E-state index in [1.54, 1.807) is 0 Å². The van der Waals surface area contributed by atoms with Crippen LogP contribution in [0.3, 0.4) is 0 Å². The van der Waals surface area contributed by atoms with E-state index in [0.717, 1.165) is 30.4 Å². The van der Waals surface area contributed by atoms with Crippen LogP contribution in [0.15, 0.2) is 28.7 Å². The second-order valence-corrected chi connectivity index (χ2v) is 5.78. The summed E-state index contributed by atoms with van der Waals surface area (Å²) in [5.41, 5.74) is 6.84. The average Bonchev–Trinajstić information content (AvgIpc) is 2.85. The Morgan fingerprint density at radius 1 is 1.47 bits per heavy atom. The van der Waals surface area contributed by atoms with Crippen LogP contribution >= 0.6 is 28.3 Å². The van der Waals surface area contributed by atoms with Crippen LogP contribution < -0.4 is 5.73 Å². The largest absolute Gasteiger partial charge is 0.342 e. The van der Waals surface area contributed by atoms with Crippen molar-refractivity contribution in [2.75, 3.05) is 19.6 Å². The summed E-state index contributed by atoms with van der Waals surface area (Å²) in [6.45, 7) is 2.41. The van der Waals surface area contributed by atoms with Crippen molar-refractivity contribution in [1.29, 1.82) is 0 Å². The summed E-state index contributed by atoms with van der Waals surface area (Å²) in [6.07, 6.45) is 2.45. The highest BCUT2D eigenvalue weighted by Crippen LogP contribution is 2.17. The van der Waals surface area contributed by atoms with Gasteiger partial charge in [0.2, 0.25) is 5.91 Å². The number of carbonyl (C=O) groups is 1. The summed E-state index contributed by atoms with van der Waals surface area (Å²) in [7, 11) is 0. The number of aryl methyl sites for hydroxylation is 1. The maximum Gasteiger partial charge on any atom is 0.222 e. The predicted molar refractivity (Wildman–Crippen MR) is 83.5 cm³/mol. The normalized spacial score (nSPS) is 18.2. The molecule has 0 bridgehead atoms. The Morgan fingerprint density at radius 3 is 2.89 bits per heavy atom. The zero-order valence-electron chi connectivity index (χ0n) is 10.8. The minimum atomic E-state index is 0. The fourth-order valence-electron chi connectivity index (χ4n) is 2.35. The lowest BCUT2D eigenvalue weighted by atomic mass is 10.1. The zero-order chi connectivity index (χ0) is 13.0. The summed E-state index contributed by atoms with van der Waals surface area (Å²) in [5, 5.41) is 0. The molecule has 0 radical (unpaired) electrons. The molecule has 0 aromatic heterocycles. The van der Waals surface area contributed by atoms with Gasteiger partial charge >= 0.3 is 0 Å². The number of carbonyl (C=O) groups excluding carboxylic acids is 1. The number of nitrogens with two attached hydrogens (primary N) is 1. The van der Waals surface area contributed by atoms with Gasteiger partial charge in [0.25, 0.3) is 0 Å². The highest BCUT2D eigenvalue weighted by Gasteiger charge is 2.24. The van der Waals surface area contributed by atoms with Crippen LogP contribution in [-0.4, -0.2) is 30.4 Å². The molecule has 1 heterocycles. The smallest absolute Gasteiger partial charge is 0.222 e. The van der Waals surface area contributed by atoms with E-state index in [1.165, 1.54) is 5.56 Å². The van der Waals surface area contributed by atoms with Crippen LogP contribution in [0.2, 0.25) is 0 Å². The van der Waals surface area contributed by atoms with Crippen LogP contribution in [0.5, 0.6) is 0 Å². The molecule has 106 valence electrons. The van der Waals surface area contributed by atoms with Gasteiger partial charge in [-0.25, -0.2) is 0 Å². The fourth-order valence-corrected chi connectivity index (χ4v) is 2.80. The van der Waals surface area contributed by atoms with E-state index in [2.05, 4.69) is 28.1 Å². The van der Waals surface area contributed by atoms with Gasteiger partial charge in [-0.2, -0.15) is 0 Å². The van der Waals surface area contributed by atoms with E-state index in [0.29, 0.717) is 18.9 Å². The lowest BCUT2D eigenvalue weighted by molar-refractivity contribution is -0.130. The monoisotopic (exact) mass is 346 g/mol. The van der Waals surface area contributed by atoms with Crippen LogP contribution in [0.1, 0.15) is 18.4 Å². The third-order valence-corrected chi connectivity index (χ3v) is 3.98. The van der Waals surface area contributed by atoms with Gasteiger partial charge in [0, 0.05) is 24.0 Å². The Balaban J connectivity index is 0.00000180. The molecule has 1 aromatic carbocycles. The molecule has 1 aromatic rings. The molecular formula is C14H20BrClN2O. The third-order valence-electron chi connectivity index (χ3n) is 3.49. The number of hydrogen-bond acceptors (Lipinski definition) is 2. The van der Waals surface area contributed by atoms with Crippen molar-refractivity contribution in [3.05, 3.63) is 34.3 Å². The van der Waals surface area contributed by atoms with Crippen molar-refractivity contribution >= 4 is 34.2 Å². The van der Waals surface area contributed by atoms with E-state index in [1.807, 2.05) is 17.0 Å². The molecule has 3 nitrogen and oxygen atoms in total. The number of amides is 1. The molecule has 5 heteroatoms. The second kappa shape index (κ2) is 7.88. The van der Waals surface area contributed by atoms with Gasteiger partial charge in [-0.15, -0.1) is 12.4 Å². The molecule has 1 aliphatic rings. The van der Waals surface area contributed by atoms with Crippen molar-refractivity contribution in [1.82, 2.24) is 4.90 Å². The molecule has 1 atom stereocenters. The molecule has 1 saturated heterocycles. The standard InChI is InChI=1S/C14H19BrN2O.ClH/c15-13-3-1-2-11(8-13)4-5-14(18)17-7-6-12(9-16)10-17;/h1-3,8,12H,4-7,9-10,16H2;1H. The van der Waals surface area contributed by atoms with Crippen molar-refractivity contribution in [3.8, 4) is 0 Å². The van der Waals surface area contributed by atoms with E-state index in [4.69, 9.17) is 5.73 Å². The van der Waals surface area contributed by atoms with E-state index in [9.17, 15) is 4.79 Å². The fraction of sp³-hybridized carbons (Fsp3) is 0.500. The molecule has 2 N–H and O–H groups in total. The van der Waals surface area contributed by atoms with Gasteiger partial charge in [0.1, 0.15) is 0 Å². The Morgan fingerprint density at radius 2 is 2.26 bits per heavy atom. The SMILES string of the molecule is Cl.NCC1CCN(C(=O)CCc2cccc(Br)c2)C1. The lowest BCUT2D eigenvalue weighted by Crippen LogP contribution is -2.29. The van der Waals surface area contributed by atoms with Gasteiger partial charge < -0.3 is 10.6 Å². The summed E-state index contributed by atoms with van der Waals surface area (Å²) in [6, 6.07) is 8.13. The average molecular weight is 348 g/mol. The topological polar surface area (TPSA) is 46.3 Å². The van der Waals surface area contributed by atoms with E-state index < -0.39 is 0 Å². The molecule has 0 aliphatic carbocycles. The second-order valence-electron chi connectivity index (χ2n) is 4.86. The molecule has 2 rings (SSSR count). The minimum absolute atomic E-state index is 0. The Bertz CT molecular complexity index is 428. The first-order valence-corrected chi connectivity index (χ1v) is 7.20. The number of hydrogen-bond donors (Lipinski definition) is 1. The number of halogens is 2. The highest BCUT2D eigenvalue weighted by molar-refractivity contribution is 9.10. The zero-order valence-corrected chi connectivity index (χ0v) is 13.3. The molecule has 1 unspecified atom stereocenters. The van der Waals surface area contributed by atoms with Gasteiger partial charge in [-0.1, -0.05) is 28.1 Å². The maximum atomic E-state index is 12.0. The summed E-state index contributed by atoms with van der Waals surface area (Å²) in [4.78, 5) is 14.0. The Labute approximate surface area is 129 Å². The molecular weight excluding hydrogens is 328 g/mol. The van der Waals surface area contributed by atoms with Crippen LogP contribution in [-0.2, 0) is 11.2 Å². The van der Waals surface area contributed by atoms with Crippen LogP contribution in [0.25, 0.3) is 0 Å². The van der Waals surface area contributed by atoms with Gasteiger partial charge in [0.05, 0.1) is 0 Å². The molecule has 19 heavy (non-hydrogen) atoms. The Kier molecular flexibility index (Phi) is 6.83. The van der Waals surface area contributed by atoms with Crippen molar-refractivity contribution in [2.45, 2.75) is 19.3 Å². The van der Waals surface area contributed by atoms with Crippen molar-refractivity contribution < 1.29 is 4.79 Å². The first-order valence-electron chi connectivity index (χ1n) is 6.41. The van der Waals surface area contributed by atoms with Crippen molar-refractivity contribution in [2.24, 2.45) is 11.7 Å². The summed E-state index contributed by atoms with van der Waals surface area (Å²) in [5.74, 6) is 0.755. The molecule has 1 aliphatic heterocycles. The summed E-state index contributed by atoms with van der Waals surface area (Å²) < 4.78 is 1.07. The highest BCUT2D eigenvalue weighted by atomic mass is 79.9. The van der Waals surface area contributed by atoms with Gasteiger partial charge in [-0.3, -0.25) is 4.79 Å². The van der Waals surface area contributed by atoms with E-state index >= 15 is 0 Å². The minimum Gasteiger partial charge on any atom is -0.342 e. The first-order chi connectivity index (χ1) is 8.69. The number of rotatable bonds is 4. The quantitative estimate of drug-likeness (QED) is 0.910. The predicted octanol–water partition coefficient (Wildman–Crippen LogP) is 2.61. The number of nitrogens with zero attached hydrogens (tertiary/aromatic N) is 1. The number of benzene rings is 1. The van der Waals surface area contributed by atoms with Crippen molar-refractivity contribution in [3.63, 3.8) is 0 Å². The molecule has 0 saturated carbocycles. The molecule has 0 spiro atoms. The van der Waals surface area contributed by atoms with Gasteiger partial charge in [-0.05, 0) is 43.0 Å². The van der Waals surface area contributed by atoms with Gasteiger partial charge in [0.15, 0.2) is 0 Å². The maximum absolute atomic E-state index is 12.0. The molecule has 1 amide bonds. The lowest BCUT2D eigenvalue weighted by Gasteiger charge is -2.16. The summed E-state index contributed by atoms with van der Waals surface area (Å²) >= 11 is 3.44. The van der Waals surface area contributed by atoms with Crippen LogP contribution in [0.4, 0.5) is 0 Å². The molecule has 1 fully saturated rings. The number of likely N-dealkylation sites (tertiary alicyclic amines) is 1. The first kappa shape index (κ1) is 16.5. The Hall–Kier alpha value is -0.580. The van der Waals surface area contributed by atoms with E-state index in [-0.39, 0.29) is 18.3 Å². The van der Waals surface area contributed by atoms with Crippen LogP contribution in [0, 0.1) is 5.92 Å².